The SMILES string of the molecule is CCOc1nc(C)n(CC2CCC(NC(=O)c3cccc(C(F)(F)F)c3Cl)CC2)n1. The van der Waals surface area contributed by atoms with Crippen LogP contribution in [0.5, 0.6) is 6.01 Å². The molecule has 1 N–H and O–H groups in total. The average Bonchev–Trinajstić information content (AvgIpc) is 3.01. The van der Waals surface area contributed by atoms with Gasteiger partial charge in [-0.25, -0.2) is 4.68 Å². The molecule has 1 aliphatic carbocycles. The molecule has 1 heterocycles. The van der Waals surface area contributed by atoms with Gasteiger partial charge in [-0.1, -0.05) is 17.7 Å². The largest absolute Gasteiger partial charge is 0.463 e. The van der Waals surface area contributed by atoms with Crippen LogP contribution in [0, 0.1) is 12.8 Å². The minimum Gasteiger partial charge on any atom is -0.463 e. The monoisotopic (exact) mass is 444 g/mol. The zero-order valence-electron chi connectivity index (χ0n) is 16.8. The van der Waals surface area contributed by atoms with Crippen LogP contribution in [0.25, 0.3) is 0 Å². The van der Waals surface area contributed by atoms with Gasteiger partial charge in [0, 0.05) is 12.6 Å². The number of nitrogens with one attached hydrogen (secondary N) is 1. The number of hydrogen-bond acceptors (Lipinski definition) is 4. The predicted molar refractivity (Wildman–Crippen MR) is 106 cm³/mol. The summed E-state index contributed by atoms with van der Waals surface area (Å²) < 4.78 is 46.2. The van der Waals surface area contributed by atoms with Crippen LogP contribution in [0.4, 0.5) is 13.2 Å². The van der Waals surface area contributed by atoms with E-state index in [1.807, 2.05) is 18.5 Å². The van der Waals surface area contributed by atoms with E-state index in [1.54, 1.807) is 0 Å². The molecule has 0 atom stereocenters. The van der Waals surface area contributed by atoms with E-state index >= 15 is 0 Å². The first-order valence-electron chi connectivity index (χ1n) is 9.89. The van der Waals surface area contributed by atoms with E-state index in [9.17, 15) is 18.0 Å². The highest BCUT2D eigenvalue weighted by Gasteiger charge is 2.35. The fraction of sp³-hybridized carbons (Fsp3) is 0.550. The Morgan fingerprint density at radius 3 is 2.63 bits per heavy atom. The van der Waals surface area contributed by atoms with Crippen LogP contribution in [0.15, 0.2) is 18.2 Å². The van der Waals surface area contributed by atoms with E-state index in [0.29, 0.717) is 25.1 Å². The lowest BCUT2D eigenvalue weighted by atomic mass is 9.86. The maximum atomic E-state index is 13.0. The minimum absolute atomic E-state index is 0.102. The fourth-order valence-corrected chi connectivity index (χ4v) is 4.00. The number of rotatable bonds is 6. The van der Waals surface area contributed by atoms with E-state index in [4.69, 9.17) is 16.3 Å². The molecule has 0 radical (unpaired) electrons. The van der Waals surface area contributed by atoms with Gasteiger partial charge in [-0.05, 0) is 57.6 Å². The summed E-state index contributed by atoms with van der Waals surface area (Å²) in [5.74, 6) is 0.585. The Morgan fingerprint density at radius 2 is 2.00 bits per heavy atom. The average molecular weight is 445 g/mol. The van der Waals surface area contributed by atoms with Crippen molar-refractivity contribution in [3.8, 4) is 6.01 Å². The van der Waals surface area contributed by atoms with Gasteiger partial charge in [0.15, 0.2) is 0 Å². The van der Waals surface area contributed by atoms with Gasteiger partial charge < -0.3 is 10.1 Å². The summed E-state index contributed by atoms with van der Waals surface area (Å²) in [7, 11) is 0. The zero-order valence-corrected chi connectivity index (χ0v) is 17.6. The van der Waals surface area contributed by atoms with E-state index in [-0.39, 0.29) is 11.6 Å². The van der Waals surface area contributed by atoms with Crippen molar-refractivity contribution in [2.75, 3.05) is 6.61 Å². The summed E-state index contributed by atoms with van der Waals surface area (Å²) in [6.07, 6.45) is -1.40. The lowest BCUT2D eigenvalue weighted by Crippen LogP contribution is -2.38. The molecule has 3 rings (SSSR count). The number of carbonyl (C=O) groups is 1. The molecule has 10 heteroatoms. The molecule has 0 unspecified atom stereocenters. The molecule has 0 saturated heterocycles. The van der Waals surface area contributed by atoms with Crippen LogP contribution in [0.3, 0.4) is 0 Å². The van der Waals surface area contributed by atoms with E-state index in [1.165, 1.54) is 12.1 Å². The maximum absolute atomic E-state index is 13.0. The van der Waals surface area contributed by atoms with Crippen molar-refractivity contribution in [1.82, 2.24) is 20.1 Å². The molecule has 1 fully saturated rings. The second-order valence-electron chi connectivity index (χ2n) is 7.41. The molecule has 6 nitrogen and oxygen atoms in total. The van der Waals surface area contributed by atoms with Gasteiger partial charge in [-0.3, -0.25) is 4.79 Å². The smallest absolute Gasteiger partial charge is 0.417 e. The number of halogens is 4. The molecule has 2 aromatic rings. The van der Waals surface area contributed by atoms with Crippen molar-refractivity contribution in [1.29, 1.82) is 0 Å². The summed E-state index contributed by atoms with van der Waals surface area (Å²) in [6.45, 7) is 4.97. The Balaban J connectivity index is 1.56. The van der Waals surface area contributed by atoms with Gasteiger partial charge >= 0.3 is 12.2 Å². The summed E-state index contributed by atoms with van der Waals surface area (Å²) >= 11 is 5.85. The normalized spacial score (nSPS) is 19.5. The fourth-order valence-electron chi connectivity index (χ4n) is 3.68. The van der Waals surface area contributed by atoms with Crippen molar-refractivity contribution in [2.24, 2.45) is 5.92 Å². The van der Waals surface area contributed by atoms with Crippen LogP contribution < -0.4 is 10.1 Å². The second-order valence-corrected chi connectivity index (χ2v) is 7.79. The number of ether oxygens (including phenoxy) is 1. The highest BCUT2D eigenvalue weighted by molar-refractivity contribution is 6.34. The quantitative estimate of drug-likeness (QED) is 0.704. The van der Waals surface area contributed by atoms with Gasteiger partial charge in [0.2, 0.25) is 0 Å². The maximum Gasteiger partial charge on any atom is 0.417 e. The summed E-state index contributed by atoms with van der Waals surface area (Å²) in [6, 6.07) is 3.64. The van der Waals surface area contributed by atoms with Gasteiger partial charge in [-0.2, -0.15) is 18.2 Å². The molecule has 164 valence electrons. The molecule has 30 heavy (non-hydrogen) atoms. The van der Waals surface area contributed by atoms with Gasteiger partial charge in [0.25, 0.3) is 5.91 Å². The number of benzene rings is 1. The Kier molecular flexibility index (Phi) is 6.90. The molecule has 1 saturated carbocycles. The molecule has 1 aromatic carbocycles. The highest BCUT2D eigenvalue weighted by atomic mass is 35.5. The van der Waals surface area contributed by atoms with Gasteiger partial charge in [-0.15, -0.1) is 5.10 Å². The van der Waals surface area contributed by atoms with Crippen LogP contribution in [-0.4, -0.2) is 33.3 Å². The Morgan fingerprint density at radius 1 is 1.30 bits per heavy atom. The number of amides is 1. The number of carbonyl (C=O) groups excluding carboxylic acids is 1. The van der Waals surface area contributed by atoms with Crippen molar-refractivity contribution in [3.63, 3.8) is 0 Å². The van der Waals surface area contributed by atoms with Crippen LogP contribution in [0.1, 0.15) is 54.4 Å². The first-order chi connectivity index (χ1) is 14.2. The topological polar surface area (TPSA) is 69.0 Å². The molecule has 0 bridgehead atoms. The number of hydrogen-bond donors (Lipinski definition) is 1. The second kappa shape index (κ2) is 9.24. The van der Waals surface area contributed by atoms with Crippen molar-refractivity contribution in [2.45, 2.75) is 58.3 Å². The number of nitrogens with zero attached hydrogens (tertiary/aromatic N) is 3. The molecular weight excluding hydrogens is 421 g/mol. The number of alkyl halides is 3. The first kappa shape index (κ1) is 22.4. The Labute approximate surface area is 177 Å². The molecular formula is C20H24ClF3N4O2. The van der Waals surface area contributed by atoms with Crippen LogP contribution in [0.2, 0.25) is 5.02 Å². The standard InChI is InChI=1S/C20H24ClF3N4O2/c1-3-30-19-25-12(2)28(27-19)11-13-7-9-14(10-8-13)26-18(29)15-5-4-6-16(17(15)21)20(22,23)24/h4-6,13-14H,3,7-11H2,1-2H3,(H,26,29). The number of aromatic nitrogens is 3. The third-order valence-electron chi connectivity index (χ3n) is 5.27. The lowest BCUT2D eigenvalue weighted by molar-refractivity contribution is -0.137. The van der Waals surface area contributed by atoms with Gasteiger partial charge in [0.1, 0.15) is 5.82 Å². The molecule has 1 aliphatic rings. The van der Waals surface area contributed by atoms with E-state index in [2.05, 4.69) is 15.4 Å². The van der Waals surface area contributed by atoms with E-state index < -0.39 is 22.7 Å². The molecule has 1 aromatic heterocycles. The summed E-state index contributed by atoms with van der Waals surface area (Å²) in [4.78, 5) is 16.8. The third kappa shape index (κ3) is 5.24. The van der Waals surface area contributed by atoms with Crippen molar-refractivity contribution >= 4 is 17.5 Å². The zero-order chi connectivity index (χ0) is 21.9. The van der Waals surface area contributed by atoms with E-state index in [0.717, 1.165) is 37.6 Å². The summed E-state index contributed by atoms with van der Waals surface area (Å²) in [5, 5.41) is 6.60. The minimum atomic E-state index is -4.60. The predicted octanol–water partition coefficient (Wildman–Crippen LogP) is 4.65. The van der Waals surface area contributed by atoms with Crippen molar-refractivity contribution < 1.29 is 22.7 Å². The Hall–Kier alpha value is -2.29. The van der Waals surface area contributed by atoms with Crippen LogP contribution >= 0.6 is 11.6 Å². The van der Waals surface area contributed by atoms with Gasteiger partial charge in [0.05, 0.1) is 22.8 Å². The number of aryl methyl sites for hydroxylation is 1. The molecule has 0 spiro atoms. The Bertz CT molecular complexity index is 893. The van der Waals surface area contributed by atoms with Crippen LogP contribution in [-0.2, 0) is 12.7 Å². The summed E-state index contributed by atoms with van der Waals surface area (Å²) in [5.41, 5.74) is -1.16. The lowest BCUT2D eigenvalue weighted by Gasteiger charge is -2.29. The highest BCUT2D eigenvalue weighted by Crippen LogP contribution is 2.36. The molecule has 1 amide bonds. The molecule has 0 aliphatic heterocycles. The van der Waals surface area contributed by atoms with Crippen molar-refractivity contribution in [3.05, 3.63) is 40.2 Å². The first-order valence-corrected chi connectivity index (χ1v) is 10.3. The third-order valence-corrected chi connectivity index (χ3v) is 5.68.